The van der Waals surface area contributed by atoms with Gasteiger partial charge in [-0.1, -0.05) is 64.7 Å². The fourth-order valence-electron chi connectivity index (χ4n) is 1.75. The van der Waals surface area contributed by atoms with Crippen molar-refractivity contribution in [3.63, 3.8) is 0 Å². The van der Waals surface area contributed by atoms with Crippen molar-refractivity contribution in [2.75, 3.05) is 6.61 Å². The second kappa shape index (κ2) is 15.6. The first-order chi connectivity index (χ1) is 7.77. The molecule has 0 amide bonds. The summed E-state index contributed by atoms with van der Waals surface area (Å²) in [6.45, 7) is 2.59. The van der Waals surface area contributed by atoms with E-state index in [0.717, 1.165) is 12.8 Å². The van der Waals surface area contributed by atoms with Gasteiger partial charge in [-0.3, -0.25) is 0 Å². The number of carbonyl (C=O) groups is 1. The van der Waals surface area contributed by atoms with E-state index in [1.54, 1.807) is 0 Å². The van der Waals surface area contributed by atoms with Gasteiger partial charge in [0.25, 0.3) is 0 Å². The van der Waals surface area contributed by atoms with Crippen LogP contribution in [-0.2, 0) is 4.74 Å². The molecule has 0 aliphatic heterocycles. The molecule has 0 rings (SSSR count). The first kappa shape index (κ1) is 18.9. The molecule has 104 valence electrons. The fraction of sp³-hybridized carbons (Fsp3) is 0.923. The average molecular weight is 267 g/mol. The van der Waals surface area contributed by atoms with Gasteiger partial charge in [0.2, 0.25) is 0 Å². The lowest BCUT2D eigenvalue weighted by atomic mass is 10.1. The molecule has 17 heavy (non-hydrogen) atoms. The van der Waals surface area contributed by atoms with Crippen LogP contribution >= 0.6 is 12.4 Å². The SMILES string of the molecule is CCCCCCCCCCCCOC(=O)O.Cl. The highest BCUT2D eigenvalue weighted by atomic mass is 35.5. The van der Waals surface area contributed by atoms with E-state index in [-0.39, 0.29) is 12.4 Å². The number of unbranched alkanes of at least 4 members (excludes halogenated alkanes) is 9. The van der Waals surface area contributed by atoms with Crippen LogP contribution in [0.2, 0.25) is 0 Å². The Morgan fingerprint density at radius 3 is 1.71 bits per heavy atom. The van der Waals surface area contributed by atoms with Gasteiger partial charge in [0.1, 0.15) is 0 Å². The molecule has 0 unspecified atom stereocenters. The van der Waals surface area contributed by atoms with Crippen molar-refractivity contribution in [1.29, 1.82) is 0 Å². The Kier molecular flexibility index (Phi) is 17.3. The van der Waals surface area contributed by atoms with Crippen molar-refractivity contribution in [3.8, 4) is 0 Å². The first-order valence-electron chi connectivity index (χ1n) is 6.63. The standard InChI is InChI=1S/C13H26O3.ClH/c1-2-3-4-5-6-7-8-9-10-11-12-16-13(14)15;/h2-12H2,1H3,(H,14,15);1H. The Morgan fingerprint density at radius 1 is 0.882 bits per heavy atom. The van der Waals surface area contributed by atoms with Gasteiger partial charge >= 0.3 is 6.16 Å². The van der Waals surface area contributed by atoms with Gasteiger partial charge in [0, 0.05) is 0 Å². The average Bonchev–Trinajstić information content (AvgIpc) is 2.25. The quantitative estimate of drug-likeness (QED) is 0.422. The summed E-state index contributed by atoms with van der Waals surface area (Å²) in [5.41, 5.74) is 0. The summed E-state index contributed by atoms with van der Waals surface area (Å²) in [5, 5.41) is 8.23. The molecule has 0 aromatic heterocycles. The van der Waals surface area contributed by atoms with Gasteiger partial charge in [0.05, 0.1) is 6.61 Å². The molecule has 0 spiro atoms. The van der Waals surface area contributed by atoms with Crippen LogP contribution in [0.5, 0.6) is 0 Å². The van der Waals surface area contributed by atoms with E-state index >= 15 is 0 Å². The number of ether oxygens (including phenoxy) is 1. The van der Waals surface area contributed by atoms with E-state index in [9.17, 15) is 4.79 Å². The minimum Gasteiger partial charge on any atom is -0.450 e. The summed E-state index contributed by atoms with van der Waals surface area (Å²) in [6, 6.07) is 0. The molecule has 0 saturated heterocycles. The van der Waals surface area contributed by atoms with Crippen molar-refractivity contribution < 1.29 is 14.6 Å². The molecule has 0 aliphatic rings. The summed E-state index contributed by atoms with van der Waals surface area (Å²) in [7, 11) is 0. The zero-order chi connectivity index (χ0) is 12.1. The molecule has 0 heterocycles. The van der Waals surface area contributed by atoms with Crippen LogP contribution in [0.25, 0.3) is 0 Å². The number of hydrogen-bond acceptors (Lipinski definition) is 2. The van der Waals surface area contributed by atoms with Gasteiger partial charge in [-0.15, -0.1) is 12.4 Å². The fourth-order valence-corrected chi connectivity index (χ4v) is 1.75. The topological polar surface area (TPSA) is 46.5 Å². The zero-order valence-electron chi connectivity index (χ0n) is 11.0. The smallest absolute Gasteiger partial charge is 0.450 e. The van der Waals surface area contributed by atoms with Crippen LogP contribution in [-0.4, -0.2) is 17.9 Å². The van der Waals surface area contributed by atoms with Gasteiger partial charge in [-0.05, 0) is 6.42 Å². The summed E-state index contributed by atoms with van der Waals surface area (Å²) in [5.74, 6) is 0. The Labute approximate surface area is 111 Å². The number of rotatable bonds is 11. The van der Waals surface area contributed by atoms with Gasteiger partial charge < -0.3 is 9.84 Å². The third-order valence-corrected chi connectivity index (χ3v) is 2.72. The van der Waals surface area contributed by atoms with Gasteiger partial charge in [0.15, 0.2) is 0 Å². The van der Waals surface area contributed by atoms with Crippen molar-refractivity contribution >= 4 is 18.6 Å². The Morgan fingerprint density at radius 2 is 1.29 bits per heavy atom. The first-order valence-corrected chi connectivity index (χ1v) is 6.63. The normalized spacial score (nSPS) is 9.71. The van der Waals surface area contributed by atoms with Crippen LogP contribution in [0.15, 0.2) is 0 Å². The molecule has 3 nitrogen and oxygen atoms in total. The van der Waals surface area contributed by atoms with E-state index in [4.69, 9.17) is 5.11 Å². The van der Waals surface area contributed by atoms with Crippen molar-refractivity contribution in [3.05, 3.63) is 0 Å². The van der Waals surface area contributed by atoms with Crippen LogP contribution in [0.1, 0.15) is 71.1 Å². The molecule has 0 bridgehead atoms. The van der Waals surface area contributed by atoms with Crippen LogP contribution < -0.4 is 0 Å². The van der Waals surface area contributed by atoms with Gasteiger partial charge in [-0.2, -0.15) is 0 Å². The largest absolute Gasteiger partial charge is 0.505 e. The third kappa shape index (κ3) is 18.1. The van der Waals surface area contributed by atoms with E-state index in [1.807, 2.05) is 0 Å². The van der Waals surface area contributed by atoms with Crippen LogP contribution in [0.3, 0.4) is 0 Å². The highest BCUT2D eigenvalue weighted by molar-refractivity contribution is 5.85. The van der Waals surface area contributed by atoms with Crippen molar-refractivity contribution in [1.82, 2.24) is 0 Å². The zero-order valence-corrected chi connectivity index (χ0v) is 11.8. The lowest BCUT2D eigenvalue weighted by Gasteiger charge is -2.02. The maximum absolute atomic E-state index is 10.0. The molecule has 0 aliphatic carbocycles. The lowest BCUT2D eigenvalue weighted by Crippen LogP contribution is -2.01. The minimum atomic E-state index is -1.16. The predicted octanol–water partition coefficient (Wildman–Crippen LogP) is 5.02. The van der Waals surface area contributed by atoms with E-state index in [1.165, 1.54) is 51.4 Å². The molecule has 1 N–H and O–H groups in total. The van der Waals surface area contributed by atoms with Gasteiger partial charge in [-0.25, -0.2) is 4.79 Å². The molecular formula is C13H27ClO3. The number of halogens is 1. The molecule has 0 fully saturated rings. The second-order valence-electron chi connectivity index (χ2n) is 4.30. The molecule has 0 radical (unpaired) electrons. The van der Waals surface area contributed by atoms with E-state index in [2.05, 4.69) is 11.7 Å². The Hall–Kier alpha value is -0.440. The molecule has 0 atom stereocenters. The van der Waals surface area contributed by atoms with E-state index in [0.29, 0.717) is 6.61 Å². The lowest BCUT2D eigenvalue weighted by molar-refractivity contribution is 0.0899. The highest BCUT2D eigenvalue weighted by Gasteiger charge is 1.96. The third-order valence-electron chi connectivity index (χ3n) is 2.72. The molecular weight excluding hydrogens is 240 g/mol. The molecule has 4 heteroatoms. The van der Waals surface area contributed by atoms with E-state index < -0.39 is 6.16 Å². The van der Waals surface area contributed by atoms with Crippen LogP contribution in [0, 0.1) is 0 Å². The minimum absolute atomic E-state index is 0. The molecule has 0 saturated carbocycles. The number of hydrogen-bond donors (Lipinski definition) is 1. The maximum Gasteiger partial charge on any atom is 0.505 e. The molecule has 0 aromatic rings. The Bertz CT molecular complexity index is 163. The maximum atomic E-state index is 10.0. The highest BCUT2D eigenvalue weighted by Crippen LogP contribution is 2.10. The second-order valence-corrected chi connectivity index (χ2v) is 4.30. The predicted molar refractivity (Wildman–Crippen MR) is 73.1 cm³/mol. The number of carboxylic acid groups (broad SMARTS) is 1. The van der Waals surface area contributed by atoms with Crippen molar-refractivity contribution in [2.24, 2.45) is 0 Å². The summed E-state index contributed by atoms with van der Waals surface area (Å²) in [4.78, 5) is 10.0. The summed E-state index contributed by atoms with van der Waals surface area (Å²) in [6.07, 6.45) is 11.4. The Balaban J connectivity index is 0. The monoisotopic (exact) mass is 266 g/mol. The van der Waals surface area contributed by atoms with Crippen LogP contribution in [0.4, 0.5) is 4.79 Å². The summed E-state index contributed by atoms with van der Waals surface area (Å²) >= 11 is 0. The van der Waals surface area contributed by atoms with Crippen molar-refractivity contribution in [2.45, 2.75) is 71.1 Å². The molecule has 0 aromatic carbocycles. The summed E-state index contributed by atoms with van der Waals surface area (Å²) < 4.78 is 4.43.